The lowest BCUT2D eigenvalue weighted by atomic mass is 9.50. The van der Waals surface area contributed by atoms with Gasteiger partial charge in [-0.2, -0.15) is 0 Å². The van der Waals surface area contributed by atoms with Crippen LogP contribution in [0.25, 0.3) is 10.9 Å². The standard InChI is InChI=1S/C29H31N7O6/c1-2-30-27(41)23(37)10-9-20(31-26(40)22-12-18-6-3-4-7-19(18)34-35-22)25(39)32-21-8-5-11-36(28(21)42)16-24(38)33-29-13-17(14-29)15-29/h3-8,11-12,17,20H,2,9-10,13-16H2,1H3,(H,30,41)(H,31,40)(H,32,39)(H,33,38)/t17?,20-,29?/m0/s1. The third-order valence-electron chi connectivity index (χ3n) is 7.63. The van der Waals surface area contributed by atoms with E-state index in [1.165, 1.54) is 29.0 Å². The SMILES string of the molecule is CCNC(=O)C(=O)CC[C@H](NC(=O)c1cc2ccccc2nn1)C(=O)Nc1cccn(CC(=O)NC23CC(C2)C3)c1=O. The lowest BCUT2D eigenvalue weighted by Gasteiger charge is -2.61. The zero-order chi connectivity index (χ0) is 29.9. The predicted octanol–water partition coefficient (Wildman–Crippen LogP) is 0.683. The first-order chi connectivity index (χ1) is 20.2. The minimum absolute atomic E-state index is 0.0571. The molecule has 13 nitrogen and oxygen atoms in total. The number of hydrogen-bond acceptors (Lipinski definition) is 8. The number of rotatable bonds is 12. The van der Waals surface area contributed by atoms with Gasteiger partial charge in [-0.15, -0.1) is 10.2 Å². The quantitative estimate of drug-likeness (QED) is 0.228. The number of nitrogens with one attached hydrogen (secondary N) is 4. The summed E-state index contributed by atoms with van der Waals surface area (Å²) in [7, 11) is 0. The summed E-state index contributed by atoms with van der Waals surface area (Å²) < 4.78 is 1.19. The van der Waals surface area contributed by atoms with Gasteiger partial charge in [0, 0.05) is 30.1 Å². The second-order valence-electron chi connectivity index (χ2n) is 10.8. The average molecular weight is 574 g/mol. The Bertz CT molecular complexity index is 1620. The summed E-state index contributed by atoms with van der Waals surface area (Å²) in [5.41, 5.74) is -0.334. The van der Waals surface area contributed by atoms with E-state index in [1.54, 1.807) is 31.2 Å². The average Bonchev–Trinajstić information content (AvgIpc) is 2.94. The lowest BCUT2D eigenvalue weighted by Crippen LogP contribution is -2.68. The Hall–Kier alpha value is -4.94. The molecule has 3 aliphatic carbocycles. The molecule has 2 bridgehead atoms. The number of ketones is 1. The van der Waals surface area contributed by atoms with Crippen molar-refractivity contribution >= 4 is 46.0 Å². The highest BCUT2D eigenvalue weighted by molar-refractivity contribution is 6.36. The number of nitrogens with zero attached hydrogens (tertiary/aromatic N) is 3. The number of hydrogen-bond donors (Lipinski definition) is 4. The minimum atomic E-state index is -1.30. The summed E-state index contributed by atoms with van der Waals surface area (Å²) >= 11 is 0. The second-order valence-corrected chi connectivity index (χ2v) is 10.8. The molecule has 3 aromatic rings. The molecule has 0 spiro atoms. The summed E-state index contributed by atoms with van der Waals surface area (Å²) in [6.07, 6.45) is 3.78. The fourth-order valence-corrected chi connectivity index (χ4v) is 5.34. The first-order valence-electron chi connectivity index (χ1n) is 13.8. The molecule has 218 valence electrons. The van der Waals surface area contributed by atoms with Gasteiger partial charge in [0.05, 0.1) is 5.52 Å². The first kappa shape index (κ1) is 28.6. The van der Waals surface area contributed by atoms with Crippen LogP contribution in [-0.4, -0.2) is 62.3 Å². The Morgan fingerprint density at radius 1 is 1.05 bits per heavy atom. The predicted molar refractivity (Wildman–Crippen MR) is 151 cm³/mol. The van der Waals surface area contributed by atoms with Crippen molar-refractivity contribution < 1.29 is 24.0 Å². The largest absolute Gasteiger partial charge is 0.350 e. The van der Waals surface area contributed by atoms with E-state index in [2.05, 4.69) is 31.5 Å². The highest BCUT2D eigenvalue weighted by atomic mass is 16.2. The molecule has 1 atom stereocenters. The van der Waals surface area contributed by atoms with Crippen LogP contribution in [0.1, 0.15) is 49.5 Å². The van der Waals surface area contributed by atoms with Gasteiger partial charge < -0.3 is 25.8 Å². The summed E-state index contributed by atoms with van der Waals surface area (Å²) in [4.78, 5) is 76.2. The topological polar surface area (TPSA) is 181 Å². The van der Waals surface area contributed by atoms with Crippen LogP contribution >= 0.6 is 0 Å². The lowest BCUT2D eigenvalue weighted by molar-refractivity contribution is -0.138. The van der Waals surface area contributed by atoms with Crippen LogP contribution in [0, 0.1) is 5.92 Å². The molecule has 0 radical (unpaired) electrons. The molecule has 3 saturated carbocycles. The maximum Gasteiger partial charge on any atom is 0.287 e. The van der Waals surface area contributed by atoms with Crippen molar-refractivity contribution in [2.45, 2.75) is 57.2 Å². The maximum atomic E-state index is 13.3. The van der Waals surface area contributed by atoms with Crippen molar-refractivity contribution in [2.24, 2.45) is 5.92 Å². The molecule has 1 aromatic carbocycles. The molecule has 0 aliphatic heterocycles. The molecule has 2 aromatic heterocycles. The number of fused-ring (bicyclic) bond motifs is 1. The summed E-state index contributed by atoms with van der Waals surface area (Å²) in [6, 6.07) is 10.2. The monoisotopic (exact) mass is 573 g/mol. The van der Waals surface area contributed by atoms with Gasteiger partial charge in [-0.1, -0.05) is 18.2 Å². The Kier molecular flexibility index (Phi) is 8.09. The number of amides is 4. The summed E-state index contributed by atoms with van der Waals surface area (Å²) in [6.45, 7) is 1.71. The maximum absolute atomic E-state index is 13.3. The van der Waals surface area contributed by atoms with Gasteiger partial charge in [-0.25, -0.2) is 0 Å². The van der Waals surface area contributed by atoms with Crippen molar-refractivity contribution in [3.8, 4) is 0 Å². The Balaban J connectivity index is 1.29. The van der Waals surface area contributed by atoms with Crippen LogP contribution in [-0.2, 0) is 25.7 Å². The van der Waals surface area contributed by atoms with E-state index in [4.69, 9.17) is 0 Å². The molecule has 3 fully saturated rings. The normalized spacial score (nSPS) is 19.0. The van der Waals surface area contributed by atoms with Gasteiger partial charge in [0.25, 0.3) is 17.4 Å². The zero-order valence-corrected chi connectivity index (χ0v) is 23.0. The molecule has 4 amide bonds. The summed E-state index contributed by atoms with van der Waals surface area (Å²) in [5.74, 6) is -2.67. The van der Waals surface area contributed by atoms with Crippen LogP contribution in [0.4, 0.5) is 5.69 Å². The number of benzene rings is 1. The molecule has 2 heterocycles. The molecule has 0 saturated heterocycles. The van der Waals surface area contributed by atoms with Gasteiger partial charge in [-0.05, 0) is 62.8 Å². The fourth-order valence-electron chi connectivity index (χ4n) is 5.34. The van der Waals surface area contributed by atoms with Gasteiger partial charge in [0.1, 0.15) is 18.3 Å². The van der Waals surface area contributed by atoms with E-state index in [0.717, 1.165) is 19.3 Å². The number of Topliss-reactive ketones (excluding diaryl/α,β-unsaturated/α-hetero) is 1. The van der Waals surface area contributed by atoms with Gasteiger partial charge >= 0.3 is 0 Å². The third kappa shape index (κ3) is 6.19. The highest BCUT2D eigenvalue weighted by Crippen LogP contribution is 2.56. The molecule has 4 N–H and O–H groups in total. The van der Waals surface area contributed by atoms with Crippen LogP contribution in [0.15, 0.2) is 53.5 Å². The van der Waals surface area contributed by atoms with Crippen LogP contribution in [0.3, 0.4) is 0 Å². The molecule has 42 heavy (non-hydrogen) atoms. The van der Waals surface area contributed by atoms with Crippen LogP contribution in [0.2, 0.25) is 0 Å². The van der Waals surface area contributed by atoms with Crippen LogP contribution < -0.4 is 26.8 Å². The van der Waals surface area contributed by atoms with Crippen molar-refractivity contribution in [3.63, 3.8) is 0 Å². The Morgan fingerprint density at radius 2 is 1.81 bits per heavy atom. The summed E-state index contributed by atoms with van der Waals surface area (Å²) in [5, 5.41) is 19.1. The molecular weight excluding hydrogens is 542 g/mol. The smallest absolute Gasteiger partial charge is 0.287 e. The first-order valence-corrected chi connectivity index (χ1v) is 13.8. The van der Waals surface area contributed by atoms with E-state index in [1.807, 2.05) is 0 Å². The van der Waals surface area contributed by atoms with Crippen molar-refractivity contribution in [2.75, 3.05) is 11.9 Å². The van der Waals surface area contributed by atoms with E-state index in [-0.39, 0.29) is 48.8 Å². The number of aromatic nitrogens is 3. The van der Waals surface area contributed by atoms with E-state index < -0.39 is 35.1 Å². The van der Waals surface area contributed by atoms with Crippen LogP contribution in [0.5, 0.6) is 0 Å². The van der Waals surface area contributed by atoms with E-state index in [9.17, 15) is 28.8 Å². The molecule has 13 heteroatoms. The van der Waals surface area contributed by atoms with Gasteiger partial charge in [0.2, 0.25) is 17.6 Å². The number of likely N-dealkylation sites (N-methyl/N-ethyl adjacent to an activating group) is 1. The van der Waals surface area contributed by atoms with E-state index in [0.29, 0.717) is 16.8 Å². The number of pyridine rings is 1. The van der Waals surface area contributed by atoms with Crippen molar-refractivity contribution in [1.82, 2.24) is 30.7 Å². The number of anilines is 1. The third-order valence-corrected chi connectivity index (χ3v) is 7.63. The molecule has 3 aliphatic rings. The van der Waals surface area contributed by atoms with Gasteiger partial charge in [-0.3, -0.25) is 28.8 Å². The Morgan fingerprint density at radius 3 is 2.52 bits per heavy atom. The number of carbonyl (C=O) groups is 5. The zero-order valence-electron chi connectivity index (χ0n) is 23.0. The Labute approximate surface area is 240 Å². The second kappa shape index (κ2) is 11.9. The molecule has 6 rings (SSSR count). The van der Waals surface area contributed by atoms with Crippen molar-refractivity contribution in [3.05, 3.63) is 64.7 Å². The van der Waals surface area contributed by atoms with E-state index >= 15 is 0 Å². The highest BCUT2D eigenvalue weighted by Gasteiger charge is 2.57. The van der Waals surface area contributed by atoms with Crippen molar-refractivity contribution in [1.29, 1.82) is 0 Å². The number of carbonyl (C=O) groups excluding carboxylic acids is 5. The van der Waals surface area contributed by atoms with Gasteiger partial charge in [0.15, 0.2) is 5.69 Å². The fraction of sp³-hybridized carbons (Fsp3) is 0.379. The molecule has 0 unspecified atom stereocenters. The molecular formula is C29H31N7O6. The minimum Gasteiger partial charge on any atom is -0.350 e.